The first kappa shape index (κ1) is 23.4. The van der Waals surface area contributed by atoms with Gasteiger partial charge in [-0.15, -0.1) is 0 Å². The van der Waals surface area contributed by atoms with E-state index in [9.17, 15) is 14.4 Å². The SMILES string of the molecule is CCN(C[C@H]1COc2ccccc2O1)C(=O)CN1C(=O)NC(c2ccccc2)(c2ccccc2)C1=O. The summed E-state index contributed by atoms with van der Waals surface area (Å²) in [4.78, 5) is 42.8. The Morgan fingerprint density at radius 3 is 2.14 bits per heavy atom. The number of benzene rings is 3. The first-order valence-corrected chi connectivity index (χ1v) is 11.9. The molecule has 3 aromatic rings. The van der Waals surface area contributed by atoms with Gasteiger partial charge >= 0.3 is 6.03 Å². The molecule has 1 fully saturated rings. The first-order valence-electron chi connectivity index (χ1n) is 11.9. The number of nitrogens with zero attached hydrogens (tertiary/aromatic N) is 2. The van der Waals surface area contributed by atoms with Gasteiger partial charge in [-0.3, -0.25) is 14.5 Å². The number of rotatable bonds is 7. The Bertz CT molecular complexity index is 1220. The lowest BCUT2D eigenvalue weighted by atomic mass is 9.82. The lowest BCUT2D eigenvalue weighted by molar-refractivity contribution is -0.139. The standard InChI is InChI=1S/C28H27N3O5/c1-2-30(17-22-19-35-23-15-9-10-16-24(23)36-22)25(32)18-31-26(33)28(29-27(31)34,20-11-5-3-6-12-20)21-13-7-4-8-14-21/h3-16,22H,2,17-19H2,1H3,(H,29,34)/t22-/m0/s1. The van der Waals surface area contributed by atoms with E-state index in [1.807, 2.05) is 67.6 Å². The van der Waals surface area contributed by atoms with Gasteiger partial charge in [0.25, 0.3) is 5.91 Å². The van der Waals surface area contributed by atoms with Gasteiger partial charge in [0.15, 0.2) is 23.1 Å². The number of hydrogen-bond donors (Lipinski definition) is 1. The molecule has 36 heavy (non-hydrogen) atoms. The van der Waals surface area contributed by atoms with Crippen LogP contribution in [0.4, 0.5) is 4.79 Å². The summed E-state index contributed by atoms with van der Waals surface area (Å²) in [6, 6.07) is 24.9. The van der Waals surface area contributed by atoms with E-state index in [0.717, 1.165) is 4.90 Å². The average Bonchev–Trinajstić information content (AvgIpc) is 3.18. The molecule has 0 bridgehead atoms. The van der Waals surface area contributed by atoms with E-state index >= 15 is 0 Å². The quantitative estimate of drug-likeness (QED) is 0.520. The maximum Gasteiger partial charge on any atom is 0.326 e. The van der Waals surface area contributed by atoms with E-state index in [-0.39, 0.29) is 25.1 Å². The largest absolute Gasteiger partial charge is 0.486 e. The number of carbonyl (C=O) groups is 3. The molecule has 1 N–H and O–H groups in total. The summed E-state index contributed by atoms with van der Waals surface area (Å²) in [6.45, 7) is 2.45. The number of amides is 4. The second-order valence-electron chi connectivity index (χ2n) is 8.73. The fraction of sp³-hybridized carbons (Fsp3) is 0.250. The minimum Gasteiger partial charge on any atom is -0.486 e. The van der Waals surface area contributed by atoms with E-state index in [4.69, 9.17) is 9.47 Å². The van der Waals surface area contributed by atoms with Crippen LogP contribution >= 0.6 is 0 Å². The van der Waals surface area contributed by atoms with Crippen LogP contribution in [0.5, 0.6) is 11.5 Å². The Morgan fingerprint density at radius 2 is 1.53 bits per heavy atom. The number of ether oxygens (including phenoxy) is 2. The van der Waals surface area contributed by atoms with Crippen molar-refractivity contribution in [3.8, 4) is 11.5 Å². The number of fused-ring (bicyclic) bond motifs is 1. The van der Waals surface area contributed by atoms with Crippen LogP contribution in [-0.4, -0.2) is 60.0 Å². The molecule has 0 radical (unpaired) electrons. The van der Waals surface area contributed by atoms with Gasteiger partial charge in [0.05, 0.1) is 6.54 Å². The van der Waals surface area contributed by atoms with E-state index in [1.165, 1.54) is 0 Å². The van der Waals surface area contributed by atoms with Crippen LogP contribution in [0.25, 0.3) is 0 Å². The van der Waals surface area contributed by atoms with Crippen molar-refractivity contribution in [3.05, 3.63) is 96.1 Å². The van der Waals surface area contributed by atoms with Gasteiger partial charge in [-0.2, -0.15) is 0 Å². The molecule has 2 heterocycles. The zero-order valence-electron chi connectivity index (χ0n) is 19.9. The van der Waals surface area contributed by atoms with Crippen molar-refractivity contribution < 1.29 is 23.9 Å². The normalized spacial score (nSPS) is 18.0. The Kier molecular flexibility index (Phi) is 6.33. The molecule has 0 aliphatic carbocycles. The fourth-order valence-corrected chi connectivity index (χ4v) is 4.70. The van der Waals surface area contributed by atoms with Crippen molar-refractivity contribution in [2.24, 2.45) is 0 Å². The predicted molar refractivity (Wildman–Crippen MR) is 133 cm³/mol. The first-order chi connectivity index (χ1) is 17.5. The molecule has 8 heteroatoms. The third-order valence-electron chi connectivity index (χ3n) is 6.54. The van der Waals surface area contributed by atoms with Crippen LogP contribution in [0.15, 0.2) is 84.9 Å². The van der Waals surface area contributed by atoms with Crippen molar-refractivity contribution in [2.75, 3.05) is 26.2 Å². The maximum absolute atomic E-state index is 13.8. The lowest BCUT2D eigenvalue weighted by Crippen LogP contribution is -2.49. The molecule has 1 atom stereocenters. The zero-order valence-corrected chi connectivity index (χ0v) is 19.9. The molecule has 1 saturated heterocycles. The third kappa shape index (κ3) is 4.15. The number of imide groups is 1. The monoisotopic (exact) mass is 485 g/mol. The molecule has 3 aromatic carbocycles. The van der Waals surface area contributed by atoms with Gasteiger partial charge in [0.2, 0.25) is 5.91 Å². The van der Waals surface area contributed by atoms with Crippen LogP contribution in [0.2, 0.25) is 0 Å². The summed E-state index contributed by atoms with van der Waals surface area (Å²) >= 11 is 0. The molecule has 2 aliphatic heterocycles. The van der Waals surface area contributed by atoms with Crippen molar-refractivity contribution in [2.45, 2.75) is 18.6 Å². The van der Waals surface area contributed by atoms with Crippen molar-refractivity contribution in [3.63, 3.8) is 0 Å². The molecule has 5 rings (SSSR count). The highest BCUT2D eigenvalue weighted by atomic mass is 16.6. The Hall–Kier alpha value is -4.33. The zero-order chi connectivity index (χ0) is 25.1. The molecule has 4 amide bonds. The summed E-state index contributed by atoms with van der Waals surface area (Å²) in [5, 5.41) is 2.88. The summed E-state index contributed by atoms with van der Waals surface area (Å²) in [7, 11) is 0. The highest BCUT2D eigenvalue weighted by molar-refractivity contribution is 6.11. The average molecular weight is 486 g/mol. The molecule has 0 unspecified atom stereocenters. The molecular weight excluding hydrogens is 458 g/mol. The number of para-hydroxylation sites is 2. The fourth-order valence-electron chi connectivity index (χ4n) is 4.70. The summed E-state index contributed by atoms with van der Waals surface area (Å²) < 4.78 is 11.8. The van der Waals surface area contributed by atoms with Gasteiger partial charge in [0.1, 0.15) is 13.2 Å². The van der Waals surface area contributed by atoms with Gasteiger partial charge in [-0.05, 0) is 30.2 Å². The molecular formula is C28H27N3O5. The summed E-state index contributed by atoms with van der Waals surface area (Å²) in [5.41, 5.74) is -0.146. The smallest absolute Gasteiger partial charge is 0.326 e. The van der Waals surface area contributed by atoms with Crippen LogP contribution in [0.3, 0.4) is 0 Å². The second kappa shape index (κ2) is 9.73. The number of hydrogen-bond acceptors (Lipinski definition) is 5. The summed E-state index contributed by atoms with van der Waals surface area (Å²) in [5.74, 6) is 0.461. The van der Waals surface area contributed by atoms with E-state index < -0.39 is 17.5 Å². The molecule has 0 aromatic heterocycles. The number of likely N-dealkylation sites (N-methyl/N-ethyl adjacent to an activating group) is 1. The number of nitrogens with one attached hydrogen (secondary N) is 1. The van der Waals surface area contributed by atoms with Crippen LogP contribution in [-0.2, 0) is 15.1 Å². The van der Waals surface area contributed by atoms with Gasteiger partial charge in [-0.25, -0.2) is 4.79 Å². The predicted octanol–water partition coefficient (Wildman–Crippen LogP) is 3.17. The third-order valence-corrected chi connectivity index (χ3v) is 6.54. The minimum atomic E-state index is -1.40. The van der Waals surface area contributed by atoms with Crippen LogP contribution in [0, 0.1) is 0 Å². The van der Waals surface area contributed by atoms with Crippen molar-refractivity contribution in [1.29, 1.82) is 0 Å². The highest BCUT2D eigenvalue weighted by Gasteiger charge is 2.54. The van der Waals surface area contributed by atoms with Crippen LogP contribution in [0.1, 0.15) is 18.1 Å². The van der Waals surface area contributed by atoms with E-state index in [0.29, 0.717) is 35.8 Å². The maximum atomic E-state index is 13.8. The molecule has 0 saturated carbocycles. The Balaban J connectivity index is 1.35. The minimum absolute atomic E-state index is 0.274. The second-order valence-corrected chi connectivity index (χ2v) is 8.73. The topological polar surface area (TPSA) is 88.2 Å². The molecule has 0 spiro atoms. The Labute approximate surface area is 209 Å². The summed E-state index contributed by atoms with van der Waals surface area (Å²) in [6.07, 6.45) is -0.361. The Morgan fingerprint density at radius 1 is 0.944 bits per heavy atom. The number of carbonyl (C=O) groups excluding carboxylic acids is 3. The highest BCUT2D eigenvalue weighted by Crippen LogP contribution is 2.36. The molecule has 184 valence electrons. The van der Waals surface area contributed by atoms with Gasteiger partial charge in [-0.1, -0.05) is 72.8 Å². The molecule has 2 aliphatic rings. The van der Waals surface area contributed by atoms with Gasteiger partial charge in [0, 0.05) is 6.54 Å². The number of urea groups is 1. The van der Waals surface area contributed by atoms with Crippen molar-refractivity contribution in [1.82, 2.24) is 15.1 Å². The van der Waals surface area contributed by atoms with Crippen molar-refractivity contribution >= 4 is 17.8 Å². The van der Waals surface area contributed by atoms with E-state index in [1.54, 1.807) is 29.2 Å². The van der Waals surface area contributed by atoms with E-state index in [2.05, 4.69) is 5.32 Å². The molecule has 8 nitrogen and oxygen atoms in total. The lowest BCUT2D eigenvalue weighted by Gasteiger charge is -2.31. The van der Waals surface area contributed by atoms with Crippen LogP contribution < -0.4 is 14.8 Å². The van der Waals surface area contributed by atoms with Gasteiger partial charge < -0.3 is 19.7 Å².